The molecule has 0 aromatic heterocycles. The number of rotatable bonds is 5. The van der Waals surface area contributed by atoms with Crippen molar-refractivity contribution in [1.82, 2.24) is 5.32 Å². The number of nitrogens with one attached hydrogen (secondary N) is 2. The highest BCUT2D eigenvalue weighted by molar-refractivity contribution is 5.99. The summed E-state index contributed by atoms with van der Waals surface area (Å²) in [4.78, 5) is 12.0. The van der Waals surface area contributed by atoms with Crippen molar-refractivity contribution >= 4 is 11.6 Å². The molecule has 3 nitrogen and oxygen atoms in total. The van der Waals surface area contributed by atoms with Gasteiger partial charge in [-0.15, -0.1) is 0 Å². The van der Waals surface area contributed by atoms with Gasteiger partial charge in [0.15, 0.2) is 0 Å². The molecule has 0 saturated heterocycles. The number of carbonyl (C=O) groups is 1. The van der Waals surface area contributed by atoms with Crippen LogP contribution < -0.4 is 10.6 Å². The van der Waals surface area contributed by atoms with Gasteiger partial charge in [0, 0.05) is 18.3 Å². The lowest BCUT2D eigenvalue weighted by Gasteiger charge is -2.14. The zero-order chi connectivity index (χ0) is 12.3. The summed E-state index contributed by atoms with van der Waals surface area (Å²) in [6, 6.07) is 7.99. The van der Waals surface area contributed by atoms with Gasteiger partial charge in [0.1, 0.15) is 0 Å². The Labute approximate surface area is 103 Å². The molecule has 3 heteroatoms. The van der Waals surface area contributed by atoms with Crippen molar-refractivity contribution < 1.29 is 4.79 Å². The van der Waals surface area contributed by atoms with E-state index in [9.17, 15) is 4.79 Å². The molecule has 0 bridgehead atoms. The fourth-order valence-corrected chi connectivity index (χ4v) is 1.77. The minimum atomic E-state index is 0.0284. The zero-order valence-electron chi connectivity index (χ0n) is 10.5. The molecule has 1 amide bonds. The maximum Gasteiger partial charge on any atom is 0.253 e. The SMILES string of the molecule is CC(C)Nc1ccccc1C(=O)NCC1CC1. The summed E-state index contributed by atoms with van der Waals surface area (Å²) in [5.74, 6) is 0.741. The Morgan fingerprint density at radius 1 is 1.35 bits per heavy atom. The monoisotopic (exact) mass is 232 g/mol. The van der Waals surface area contributed by atoms with Crippen LogP contribution in [0.4, 0.5) is 5.69 Å². The van der Waals surface area contributed by atoms with Gasteiger partial charge in [-0.3, -0.25) is 4.79 Å². The lowest BCUT2D eigenvalue weighted by Crippen LogP contribution is -2.27. The third-order valence-corrected chi connectivity index (χ3v) is 2.86. The highest BCUT2D eigenvalue weighted by Crippen LogP contribution is 2.27. The minimum Gasteiger partial charge on any atom is -0.382 e. The first kappa shape index (κ1) is 12.0. The summed E-state index contributed by atoms with van der Waals surface area (Å²) in [6.45, 7) is 4.95. The van der Waals surface area contributed by atoms with Crippen LogP contribution in [0.1, 0.15) is 37.0 Å². The molecule has 0 spiro atoms. The summed E-state index contributed by atoms with van der Waals surface area (Å²) in [7, 11) is 0. The van der Waals surface area contributed by atoms with E-state index in [-0.39, 0.29) is 5.91 Å². The third-order valence-electron chi connectivity index (χ3n) is 2.86. The Balaban J connectivity index is 2.03. The normalized spacial score (nSPS) is 14.8. The van der Waals surface area contributed by atoms with Gasteiger partial charge in [0.2, 0.25) is 0 Å². The van der Waals surface area contributed by atoms with Crippen molar-refractivity contribution in [2.24, 2.45) is 5.92 Å². The van der Waals surface area contributed by atoms with E-state index in [0.29, 0.717) is 12.0 Å². The van der Waals surface area contributed by atoms with Crippen LogP contribution in [0, 0.1) is 5.92 Å². The molecule has 2 N–H and O–H groups in total. The van der Waals surface area contributed by atoms with Gasteiger partial charge in [-0.1, -0.05) is 12.1 Å². The van der Waals surface area contributed by atoms with Crippen LogP contribution in [0.15, 0.2) is 24.3 Å². The second kappa shape index (κ2) is 5.21. The lowest BCUT2D eigenvalue weighted by atomic mass is 10.1. The Morgan fingerprint density at radius 3 is 2.71 bits per heavy atom. The Kier molecular flexibility index (Phi) is 3.67. The van der Waals surface area contributed by atoms with Gasteiger partial charge in [-0.2, -0.15) is 0 Å². The van der Waals surface area contributed by atoms with Gasteiger partial charge in [-0.05, 0) is 44.7 Å². The highest BCUT2D eigenvalue weighted by atomic mass is 16.1. The maximum atomic E-state index is 12.0. The van der Waals surface area contributed by atoms with Gasteiger partial charge < -0.3 is 10.6 Å². The van der Waals surface area contributed by atoms with Crippen molar-refractivity contribution in [1.29, 1.82) is 0 Å². The first-order valence-electron chi connectivity index (χ1n) is 6.30. The predicted molar refractivity (Wildman–Crippen MR) is 70.3 cm³/mol. The Morgan fingerprint density at radius 2 is 2.06 bits per heavy atom. The van der Waals surface area contributed by atoms with Crippen molar-refractivity contribution in [2.45, 2.75) is 32.7 Å². The molecule has 1 aromatic carbocycles. The van der Waals surface area contributed by atoms with Gasteiger partial charge in [0.05, 0.1) is 5.56 Å². The second-order valence-electron chi connectivity index (χ2n) is 5.00. The van der Waals surface area contributed by atoms with Gasteiger partial charge >= 0.3 is 0 Å². The van der Waals surface area contributed by atoms with Crippen LogP contribution in [-0.2, 0) is 0 Å². The largest absolute Gasteiger partial charge is 0.382 e. The number of amides is 1. The van der Waals surface area contributed by atoms with E-state index in [1.807, 2.05) is 24.3 Å². The molecule has 1 aliphatic rings. The number of carbonyl (C=O) groups excluding carboxylic acids is 1. The molecule has 2 rings (SSSR count). The van der Waals surface area contributed by atoms with E-state index in [1.54, 1.807) is 0 Å². The molecule has 0 unspecified atom stereocenters. The molecule has 17 heavy (non-hydrogen) atoms. The Hall–Kier alpha value is -1.51. The summed E-state index contributed by atoms with van der Waals surface area (Å²) in [5.41, 5.74) is 1.65. The Bertz CT molecular complexity index is 397. The molecule has 1 aromatic rings. The smallest absolute Gasteiger partial charge is 0.253 e. The average molecular weight is 232 g/mol. The minimum absolute atomic E-state index is 0.0284. The molecule has 0 aliphatic heterocycles. The van der Waals surface area contributed by atoms with Crippen LogP contribution in [0.2, 0.25) is 0 Å². The van der Waals surface area contributed by atoms with Crippen molar-refractivity contribution in [3.05, 3.63) is 29.8 Å². The van der Waals surface area contributed by atoms with E-state index in [0.717, 1.165) is 17.8 Å². The zero-order valence-corrected chi connectivity index (χ0v) is 10.5. The molecule has 92 valence electrons. The molecule has 0 atom stereocenters. The fourth-order valence-electron chi connectivity index (χ4n) is 1.77. The molecule has 1 fully saturated rings. The summed E-state index contributed by atoms with van der Waals surface area (Å²) < 4.78 is 0. The van der Waals surface area contributed by atoms with Crippen LogP contribution >= 0.6 is 0 Å². The standard InChI is InChI=1S/C14H20N2O/c1-10(2)16-13-6-4-3-5-12(13)14(17)15-9-11-7-8-11/h3-6,10-11,16H,7-9H2,1-2H3,(H,15,17). The molecule has 1 saturated carbocycles. The number of hydrogen-bond acceptors (Lipinski definition) is 2. The molecular formula is C14H20N2O. The predicted octanol–water partition coefficient (Wildman–Crippen LogP) is 2.65. The summed E-state index contributed by atoms with van der Waals surface area (Å²) in [5, 5.41) is 6.29. The summed E-state index contributed by atoms with van der Waals surface area (Å²) >= 11 is 0. The van der Waals surface area contributed by atoms with Gasteiger partial charge in [-0.25, -0.2) is 0 Å². The average Bonchev–Trinajstić information content (AvgIpc) is 3.09. The summed E-state index contributed by atoms with van der Waals surface area (Å²) in [6.07, 6.45) is 2.51. The van der Waals surface area contributed by atoms with Crippen LogP contribution in [0.25, 0.3) is 0 Å². The quantitative estimate of drug-likeness (QED) is 0.819. The van der Waals surface area contributed by atoms with Crippen molar-refractivity contribution in [3.8, 4) is 0 Å². The first-order chi connectivity index (χ1) is 8.16. The van der Waals surface area contributed by atoms with Crippen LogP contribution in [-0.4, -0.2) is 18.5 Å². The number of para-hydroxylation sites is 1. The van der Waals surface area contributed by atoms with E-state index in [4.69, 9.17) is 0 Å². The molecular weight excluding hydrogens is 212 g/mol. The first-order valence-corrected chi connectivity index (χ1v) is 6.30. The molecule has 0 radical (unpaired) electrons. The highest BCUT2D eigenvalue weighted by Gasteiger charge is 2.22. The number of anilines is 1. The molecule has 0 heterocycles. The lowest BCUT2D eigenvalue weighted by molar-refractivity contribution is 0.0952. The van der Waals surface area contributed by atoms with Crippen molar-refractivity contribution in [3.63, 3.8) is 0 Å². The topological polar surface area (TPSA) is 41.1 Å². The van der Waals surface area contributed by atoms with E-state index >= 15 is 0 Å². The number of hydrogen-bond donors (Lipinski definition) is 2. The van der Waals surface area contributed by atoms with E-state index < -0.39 is 0 Å². The van der Waals surface area contributed by atoms with Gasteiger partial charge in [0.25, 0.3) is 5.91 Å². The molecule has 1 aliphatic carbocycles. The fraction of sp³-hybridized carbons (Fsp3) is 0.500. The van der Waals surface area contributed by atoms with Crippen LogP contribution in [0.5, 0.6) is 0 Å². The van der Waals surface area contributed by atoms with E-state index in [1.165, 1.54) is 12.8 Å². The van der Waals surface area contributed by atoms with Crippen LogP contribution in [0.3, 0.4) is 0 Å². The number of benzene rings is 1. The third kappa shape index (κ3) is 3.48. The van der Waals surface area contributed by atoms with Crippen molar-refractivity contribution in [2.75, 3.05) is 11.9 Å². The van der Waals surface area contributed by atoms with E-state index in [2.05, 4.69) is 24.5 Å². The second-order valence-corrected chi connectivity index (χ2v) is 5.00. The maximum absolute atomic E-state index is 12.0.